The number of rotatable bonds is 5. The van der Waals surface area contributed by atoms with E-state index < -0.39 is 22.9 Å². The molecule has 1 aromatic heterocycles. The molecule has 2 aliphatic rings. The molecule has 3 unspecified atom stereocenters. The molecule has 0 aliphatic carbocycles. The summed E-state index contributed by atoms with van der Waals surface area (Å²) < 4.78 is 19.5. The van der Waals surface area contributed by atoms with E-state index >= 15 is 0 Å². The van der Waals surface area contributed by atoms with Gasteiger partial charge in [-0.05, 0) is 60.0 Å². The minimum atomic E-state index is -0.697. The average Bonchev–Trinajstić information content (AvgIpc) is 3.39. The summed E-state index contributed by atoms with van der Waals surface area (Å²) in [6, 6.07) is 20.8. The maximum atomic E-state index is 13.7. The van der Waals surface area contributed by atoms with Crippen molar-refractivity contribution in [1.29, 1.82) is 0 Å². The van der Waals surface area contributed by atoms with Crippen molar-refractivity contribution in [3.8, 4) is 5.75 Å². The van der Waals surface area contributed by atoms with Gasteiger partial charge in [-0.25, -0.2) is 9.29 Å². The predicted octanol–water partition coefficient (Wildman–Crippen LogP) is 5.26. The average molecular weight is 533 g/mol. The van der Waals surface area contributed by atoms with Crippen molar-refractivity contribution in [3.05, 3.63) is 110 Å². The summed E-state index contributed by atoms with van der Waals surface area (Å²) in [4.78, 5) is 43.8. The first kappa shape index (κ1) is 23.7. The fourth-order valence-corrected chi connectivity index (χ4v) is 7.44. The normalized spacial score (nSPS) is 20.6. The Morgan fingerprint density at radius 1 is 0.946 bits per heavy atom. The van der Waals surface area contributed by atoms with E-state index in [1.54, 1.807) is 0 Å². The van der Waals surface area contributed by atoms with Gasteiger partial charge in [0, 0.05) is 10.8 Å². The number of amides is 2. The Labute approximate surface area is 220 Å². The Hall–Kier alpha value is -3.69. The number of nitrogens with zero attached hydrogens (tertiary/aromatic N) is 1. The molecule has 37 heavy (non-hydrogen) atoms. The molecule has 0 saturated carbocycles. The van der Waals surface area contributed by atoms with Gasteiger partial charge in [0.1, 0.15) is 23.4 Å². The van der Waals surface area contributed by atoms with Crippen molar-refractivity contribution in [3.63, 3.8) is 0 Å². The Balaban J connectivity index is 1.33. The smallest absolute Gasteiger partial charge is 0.305 e. The number of benzene rings is 3. The SMILES string of the molecule is Cc1ccccc1COc1ccc(C2c3sc(=O)[nH]c3SC3C(=O)N(c4ccc(F)cc4)C(=O)C32)cc1. The number of aromatic nitrogens is 1. The van der Waals surface area contributed by atoms with Gasteiger partial charge < -0.3 is 9.72 Å². The topological polar surface area (TPSA) is 79.5 Å². The number of fused-ring (bicyclic) bond motifs is 2. The van der Waals surface area contributed by atoms with Gasteiger partial charge in [0.25, 0.3) is 0 Å². The first-order valence-corrected chi connectivity index (χ1v) is 13.4. The number of ether oxygens (including phenoxy) is 1. The molecule has 0 spiro atoms. The lowest BCUT2D eigenvalue weighted by Gasteiger charge is -2.29. The van der Waals surface area contributed by atoms with Gasteiger partial charge in [0.05, 0.1) is 16.6 Å². The lowest BCUT2D eigenvalue weighted by molar-refractivity contribution is -0.122. The van der Waals surface area contributed by atoms with Crippen LogP contribution in [-0.4, -0.2) is 22.0 Å². The van der Waals surface area contributed by atoms with Gasteiger partial charge in [-0.2, -0.15) is 0 Å². The molecule has 0 radical (unpaired) electrons. The summed E-state index contributed by atoms with van der Waals surface area (Å²) in [6.07, 6.45) is 0. The molecular weight excluding hydrogens is 511 g/mol. The van der Waals surface area contributed by atoms with Crippen LogP contribution in [-0.2, 0) is 16.2 Å². The van der Waals surface area contributed by atoms with Gasteiger partial charge in [-0.15, -0.1) is 0 Å². The number of H-pyrrole nitrogens is 1. The summed E-state index contributed by atoms with van der Waals surface area (Å²) in [7, 11) is 0. The molecule has 1 N–H and O–H groups in total. The quantitative estimate of drug-likeness (QED) is 0.355. The summed E-state index contributed by atoms with van der Waals surface area (Å²) in [6.45, 7) is 2.47. The molecule has 2 amide bonds. The number of aryl methyl sites for hydroxylation is 1. The highest BCUT2D eigenvalue weighted by Gasteiger charge is 2.56. The first-order valence-electron chi connectivity index (χ1n) is 11.7. The summed E-state index contributed by atoms with van der Waals surface area (Å²) >= 11 is 2.28. The molecule has 6 rings (SSSR count). The highest BCUT2D eigenvalue weighted by molar-refractivity contribution is 8.00. The Bertz CT molecular complexity index is 1560. The fourth-order valence-electron chi connectivity index (χ4n) is 4.93. The van der Waals surface area contributed by atoms with E-state index in [0.29, 0.717) is 23.1 Å². The lowest BCUT2D eigenvalue weighted by atomic mass is 9.83. The van der Waals surface area contributed by atoms with Crippen molar-refractivity contribution in [2.45, 2.75) is 29.7 Å². The fraction of sp³-hybridized carbons (Fsp3) is 0.179. The summed E-state index contributed by atoms with van der Waals surface area (Å²) in [5.74, 6) is -1.66. The van der Waals surface area contributed by atoms with Crippen LogP contribution in [0.3, 0.4) is 0 Å². The van der Waals surface area contributed by atoms with Gasteiger partial charge >= 0.3 is 4.87 Å². The second-order valence-electron chi connectivity index (χ2n) is 9.02. The zero-order chi connectivity index (χ0) is 25.7. The molecule has 6 nitrogen and oxygen atoms in total. The molecule has 186 valence electrons. The van der Waals surface area contributed by atoms with Gasteiger partial charge in [0.2, 0.25) is 11.8 Å². The van der Waals surface area contributed by atoms with Crippen molar-refractivity contribution >= 4 is 40.6 Å². The lowest BCUT2D eigenvalue weighted by Crippen LogP contribution is -2.32. The third kappa shape index (κ3) is 4.18. The van der Waals surface area contributed by atoms with E-state index in [2.05, 4.69) is 4.98 Å². The second-order valence-corrected chi connectivity index (χ2v) is 11.2. The van der Waals surface area contributed by atoms with Crippen LogP contribution < -0.4 is 14.5 Å². The van der Waals surface area contributed by atoms with Crippen molar-refractivity contribution < 1.29 is 18.7 Å². The number of imide groups is 1. The van der Waals surface area contributed by atoms with Crippen LogP contribution in [0, 0.1) is 18.7 Å². The van der Waals surface area contributed by atoms with Crippen LogP contribution in [0.25, 0.3) is 0 Å². The van der Waals surface area contributed by atoms with Gasteiger partial charge in [-0.1, -0.05) is 59.5 Å². The number of carbonyl (C=O) groups excluding carboxylic acids is 2. The zero-order valence-corrected chi connectivity index (χ0v) is 21.3. The van der Waals surface area contributed by atoms with Crippen LogP contribution in [0.1, 0.15) is 27.5 Å². The minimum absolute atomic E-state index is 0.226. The maximum Gasteiger partial charge on any atom is 0.305 e. The van der Waals surface area contributed by atoms with Crippen LogP contribution in [0.2, 0.25) is 0 Å². The van der Waals surface area contributed by atoms with Crippen LogP contribution in [0.4, 0.5) is 10.1 Å². The first-order chi connectivity index (χ1) is 17.9. The third-order valence-electron chi connectivity index (χ3n) is 6.80. The molecule has 9 heteroatoms. The molecule has 1 saturated heterocycles. The number of hydrogen-bond donors (Lipinski definition) is 1. The molecule has 3 aromatic carbocycles. The number of thiazole rings is 1. The number of carbonyl (C=O) groups is 2. The standard InChI is InChI=1S/C28H21FN2O4S2/c1-15-4-2-3-5-17(15)14-35-20-12-6-16(7-13-20)21-22-24(36-25-23(21)37-28(34)30-25)27(33)31(26(22)32)19-10-8-18(29)9-11-19/h2-13,21-22,24H,14H2,1H3,(H,30,34). The summed E-state index contributed by atoms with van der Waals surface area (Å²) in [5, 5.41) is -0.0829. The Morgan fingerprint density at radius 2 is 1.68 bits per heavy atom. The van der Waals surface area contributed by atoms with Gasteiger partial charge in [0.15, 0.2) is 0 Å². The van der Waals surface area contributed by atoms with E-state index in [1.807, 2.05) is 55.5 Å². The third-order valence-corrected chi connectivity index (χ3v) is 9.20. The van der Waals surface area contributed by atoms with E-state index in [4.69, 9.17) is 4.74 Å². The molecule has 3 atom stereocenters. The molecule has 4 aromatic rings. The maximum absolute atomic E-state index is 13.7. The van der Waals surface area contributed by atoms with E-state index in [1.165, 1.54) is 36.0 Å². The molecule has 0 bridgehead atoms. The summed E-state index contributed by atoms with van der Waals surface area (Å²) in [5.41, 5.74) is 3.39. The van der Waals surface area contributed by atoms with Crippen molar-refractivity contribution in [2.24, 2.45) is 5.92 Å². The molecule has 3 heterocycles. The highest BCUT2D eigenvalue weighted by atomic mass is 32.2. The molecular formula is C28H21FN2O4S2. The number of anilines is 1. The Morgan fingerprint density at radius 3 is 2.41 bits per heavy atom. The monoisotopic (exact) mass is 532 g/mol. The second kappa shape index (κ2) is 9.32. The van der Waals surface area contributed by atoms with Crippen LogP contribution >= 0.6 is 23.1 Å². The van der Waals surface area contributed by atoms with E-state index in [9.17, 15) is 18.8 Å². The number of thioether (sulfide) groups is 1. The number of nitrogens with one attached hydrogen (secondary N) is 1. The highest BCUT2D eigenvalue weighted by Crippen LogP contribution is 2.53. The molecule has 2 aliphatic heterocycles. The minimum Gasteiger partial charge on any atom is -0.489 e. The van der Waals surface area contributed by atoms with Crippen molar-refractivity contribution in [2.75, 3.05) is 4.90 Å². The van der Waals surface area contributed by atoms with Gasteiger partial charge in [-0.3, -0.25) is 14.4 Å². The number of aromatic amines is 1. The number of halogens is 1. The van der Waals surface area contributed by atoms with Crippen LogP contribution in [0.5, 0.6) is 5.75 Å². The largest absolute Gasteiger partial charge is 0.489 e. The molecule has 1 fully saturated rings. The Kier molecular flexibility index (Phi) is 5.97. The van der Waals surface area contributed by atoms with Crippen LogP contribution in [0.15, 0.2) is 82.6 Å². The zero-order valence-electron chi connectivity index (χ0n) is 19.6. The van der Waals surface area contributed by atoms with E-state index in [0.717, 1.165) is 37.8 Å². The predicted molar refractivity (Wildman–Crippen MR) is 141 cm³/mol. The van der Waals surface area contributed by atoms with E-state index in [-0.39, 0.29) is 16.7 Å². The number of hydrogen-bond acceptors (Lipinski definition) is 6. The van der Waals surface area contributed by atoms with Crippen molar-refractivity contribution in [1.82, 2.24) is 4.98 Å².